The monoisotopic (exact) mass is 174 g/mol. The fourth-order valence-electron chi connectivity index (χ4n) is 0.934. The maximum Gasteiger partial charge on any atom is 0.302 e. The first-order valence-corrected chi connectivity index (χ1v) is 4.10. The van der Waals surface area contributed by atoms with Gasteiger partial charge in [-0.2, -0.15) is 0 Å². The van der Waals surface area contributed by atoms with Gasteiger partial charge in [-0.3, -0.25) is 4.79 Å². The van der Waals surface area contributed by atoms with Gasteiger partial charge < -0.3 is 9.47 Å². The van der Waals surface area contributed by atoms with Gasteiger partial charge in [-0.15, -0.1) is 0 Å². The first-order chi connectivity index (χ1) is 5.48. The Hall–Kier alpha value is -0.570. The molecule has 0 rings (SSSR count). The Morgan fingerprint density at radius 3 is 2.42 bits per heavy atom. The Morgan fingerprint density at radius 1 is 1.42 bits per heavy atom. The van der Waals surface area contributed by atoms with Crippen LogP contribution in [0.3, 0.4) is 0 Å². The van der Waals surface area contributed by atoms with Crippen LogP contribution in [0.2, 0.25) is 0 Å². The van der Waals surface area contributed by atoms with Gasteiger partial charge in [0.05, 0.1) is 13.2 Å². The largest absolute Gasteiger partial charge is 0.466 e. The Bertz CT molecular complexity index is 141. The summed E-state index contributed by atoms with van der Waals surface area (Å²) >= 11 is 0. The molecule has 0 heterocycles. The van der Waals surface area contributed by atoms with Crippen LogP contribution >= 0.6 is 0 Å². The first-order valence-electron chi connectivity index (χ1n) is 4.10. The molecule has 0 aromatic heterocycles. The fraction of sp³-hybridized carbons (Fsp3) is 0.889. The van der Waals surface area contributed by atoms with Crippen LogP contribution < -0.4 is 0 Å². The number of carbonyl (C=O) groups is 1. The van der Waals surface area contributed by atoms with Crippen molar-refractivity contribution in [3.63, 3.8) is 0 Å². The molecule has 12 heavy (non-hydrogen) atoms. The summed E-state index contributed by atoms with van der Waals surface area (Å²) in [6.07, 6.45) is 0.834. The lowest BCUT2D eigenvalue weighted by molar-refractivity contribution is -0.141. The van der Waals surface area contributed by atoms with Crippen LogP contribution in [0.15, 0.2) is 0 Å². The van der Waals surface area contributed by atoms with Gasteiger partial charge in [-0.25, -0.2) is 0 Å². The summed E-state index contributed by atoms with van der Waals surface area (Å²) in [7, 11) is 1.67. The van der Waals surface area contributed by atoms with E-state index >= 15 is 0 Å². The standard InChI is InChI=1S/C9H18O3/c1-8(10)12-6-5-9(2,3)7-11-4/h5-7H2,1-4H3. The molecule has 0 saturated carbocycles. The van der Waals surface area contributed by atoms with E-state index < -0.39 is 0 Å². The van der Waals surface area contributed by atoms with Gasteiger partial charge in [0.1, 0.15) is 0 Å². The van der Waals surface area contributed by atoms with Crippen LogP contribution in [0.4, 0.5) is 0 Å². The molecule has 72 valence electrons. The van der Waals surface area contributed by atoms with Crippen molar-refractivity contribution in [1.82, 2.24) is 0 Å². The molecule has 0 amide bonds. The summed E-state index contributed by atoms with van der Waals surface area (Å²) in [6, 6.07) is 0. The van der Waals surface area contributed by atoms with Crippen LogP contribution in [0.5, 0.6) is 0 Å². The first kappa shape index (κ1) is 11.4. The number of methoxy groups -OCH3 is 1. The molecule has 3 heteroatoms. The van der Waals surface area contributed by atoms with Crippen LogP contribution in [-0.4, -0.2) is 26.3 Å². The summed E-state index contributed by atoms with van der Waals surface area (Å²) in [5.74, 6) is -0.219. The molecule has 0 atom stereocenters. The lowest BCUT2D eigenvalue weighted by Crippen LogP contribution is -2.21. The van der Waals surface area contributed by atoms with Gasteiger partial charge >= 0.3 is 5.97 Å². The molecule has 0 aliphatic rings. The maximum absolute atomic E-state index is 10.4. The molecule has 0 aromatic carbocycles. The molecule has 0 bridgehead atoms. The second kappa shape index (κ2) is 5.14. The minimum Gasteiger partial charge on any atom is -0.466 e. The lowest BCUT2D eigenvalue weighted by Gasteiger charge is -2.22. The van der Waals surface area contributed by atoms with E-state index in [0.717, 1.165) is 6.42 Å². The molecule has 0 aliphatic carbocycles. The second-order valence-electron chi connectivity index (χ2n) is 3.69. The zero-order chi connectivity index (χ0) is 9.61. The Balaban J connectivity index is 3.53. The van der Waals surface area contributed by atoms with Crippen molar-refractivity contribution in [1.29, 1.82) is 0 Å². The topological polar surface area (TPSA) is 35.5 Å². The Morgan fingerprint density at radius 2 is 2.00 bits per heavy atom. The smallest absolute Gasteiger partial charge is 0.302 e. The van der Waals surface area contributed by atoms with Crippen molar-refractivity contribution >= 4 is 5.97 Å². The third-order valence-electron chi connectivity index (χ3n) is 1.62. The van der Waals surface area contributed by atoms with E-state index in [9.17, 15) is 4.79 Å². The van der Waals surface area contributed by atoms with Crippen molar-refractivity contribution in [2.24, 2.45) is 5.41 Å². The third-order valence-corrected chi connectivity index (χ3v) is 1.62. The molecule has 0 unspecified atom stereocenters. The van der Waals surface area contributed by atoms with E-state index in [1.807, 2.05) is 0 Å². The second-order valence-corrected chi connectivity index (χ2v) is 3.69. The summed E-state index contributed by atoms with van der Waals surface area (Å²) in [6.45, 7) is 6.75. The molecule has 0 saturated heterocycles. The van der Waals surface area contributed by atoms with E-state index in [1.54, 1.807) is 7.11 Å². The van der Waals surface area contributed by atoms with Crippen LogP contribution in [0.1, 0.15) is 27.2 Å². The number of esters is 1. The highest BCUT2D eigenvalue weighted by Gasteiger charge is 2.17. The molecule has 0 spiro atoms. The number of ether oxygens (including phenoxy) is 2. The van der Waals surface area contributed by atoms with Gasteiger partial charge in [0.2, 0.25) is 0 Å². The third kappa shape index (κ3) is 6.16. The van der Waals surface area contributed by atoms with E-state index in [4.69, 9.17) is 9.47 Å². The van der Waals surface area contributed by atoms with Crippen molar-refractivity contribution in [3.8, 4) is 0 Å². The molecular weight excluding hydrogens is 156 g/mol. The number of hydrogen-bond acceptors (Lipinski definition) is 3. The highest BCUT2D eigenvalue weighted by Crippen LogP contribution is 2.19. The quantitative estimate of drug-likeness (QED) is 0.594. The zero-order valence-corrected chi connectivity index (χ0v) is 8.35. The average Bonchev–Trinajstić information content (AvgIpc) is 1.85. The molecule has 0 radical (unpaired) electrons. The molecule has 0 N–H and O–H groups in total. The molecule has 0 fully saturated rings. The summed E-state index contributed by atoms with van der Waals surface area (Å²) in [5.41, 5.74) is 0.0875. The van der Waals surface area contributed by atoms with Crippen LogP contribution in [-0.2, 0) is 14.3 Å². The van der Waals surface area contributed by atoms with E-state index in [2.05, 4.69) is 13.8 Å². The Labute approximate surface area is 74.0 Å². The minimum absolute atomic E-state index is 0.0875. The van der Waals surface area contributed by atoms with Gasteiger partial charge in [0, 0.05) is 14.0 Å². The van der Waals surface area contributed by atoms with Crippen LogP contribution in [0, 0.1) is 5.41 Å². The van der Waals surface area contributed by atoms with Crippen molar-refractivity contribution < 1.29 is 14.3 Å². The van der Waals surface area contributed by atoms with Crippen LogP contribution in [0.25, 0.3) is 0 Å². The normalized spacial score (nSPS) is 11.3. The number of rotatable bonds is 5. The predicted octanol–water partition coefficient (Wildman–Crippen LogP) is 1.61. The van der Waals surface area contributed by atoms with Crippen molar-refractivity contribution in [2.75, 3.05) is 20.3 Å². The van der Waals surface area contributed by atoms with Gasteiger partial charge in [-0.05, 0) is 11.8 Å². The molecular formula is C9H18O3. The summed E-state index contributed by atoms with van der Waals surface area (Å²) in [4.78, 5) is 10.4. The maximum atomic E-state index is 10.4. The summed E-state index contributed by atoms with van der Waals surface area (Å²) < 4.78 is 9.85. The fourth-order valence-corrected chi connectivity index (χ4v) is 0.934. The Kier molecular flexibility index (Phi) is 4.90. The zero-order valence-electron chi connectivity index (χ0n) is 8.35. The minimum atomic E-state index is -0.219. The summed E-state index contributed by atoms with van der Waals surface area (Å²) in [5, 5.41) is 0. The van der Waals surface area contributed by atoms with E-state index in [1.165, 1.54) is 6.92 Å². The van der Waals surface area contributed by atoms with E-state index in [0.29, 0.717) is 13.2 Å². The highest BCUT2D eigenvalue weighted by molar-refractivity contribution is 5.65. The van der Waals surface area contributed by atoms with Gasteiger partial charge in [0.25, 0.3) is 0 Å². The average molecular weight is 174 g/mol. The van der Waals surface area contributed by atoms with Gasteiger partial charge in [-0.1, -0.05) is 13.8 Å². The highest BCUT2D eigenvalue weighted by atomic mass is 16.5. The SMILES string of the molecule is COCC(C)(C)CCOC(C)=O. The van der Waals surface area contributed by atoms with E-state index in [-0.39, 0.29) is 11.4 Å². The lowest BCUT2D eigenvalue weighted by atomic mass is 9.91. The van der Waals surface area contributed by atoms with Crippen molar-refractivity contribution in [2.45, 2.75) is 27.2 Å². The number of carbonyl (C=O) groups excluding carboxylic acids is 1. The molecule has 0 aromatic rings. The molecule has 0 aliphatic heterocycles. The molecule has 3 nitrogen and oxygen atoms in total. The van der Waals surface area contributed by atoms with Gasteiger partial charge in [0.15, 0.2) is 0 Å². The number of hydrogen-bond donors (Lipinski definition) is 0. The van der Waals surface area contributed by atoms with Crippen molar-refractivity contribution in [3.05, 3.63) is 0 Å². The predicted molar refractivity (Wildman–Crippen MR) is 46.9 cm³/mol.